The molecule has 0 aromatic rings. The number of carbonyl (C=O) groups excluding carboxylic acids is 1. The highest BCUT2D eigenvalue weighted by atomic mass is 19.3. The van der Waals surface area contributed by atoms with E-state index in [1.54, 1.807) is 0 Å². The molecule has 0 spiro atoms. The van der Waals surface area contributed by atoms with Crippen LogP contribution in [0.3, 0.4) is 0 Å². The summed E-state index contributed by atoms with van der Waals surface area (Å²) in [5, 5.41) is 4.23. The van der Waals surface area contributed by atoms with E-state index in [-0.39, 0.29) is 6.54 Å². The van der Waals surface area contributed by atoms with Crippen LogP contribution in [-0.2, 0) is 4.79 Å². The van der Waals surface area contributed by atoms with E-state index in [1.165, 1.54) is 6.92 Å². The topological polar surface area (TPSA) is 41.1 Å². The lowest BCUT2D eigenvalue weighted by atomic mass is 10.2. The zero-order valence-corrected chi connectivity index (χ0v) is 8.57. The number of hydrogen-bond donors (Lipinski definition) is 2. The van der Waals surface area contributed by atoms with Gasteiger partial charge in [0.05, 0.1) is 19.1 Å². The Morgan fingerprint density at radius 3 is 2.50 bits per heavy atom. The summed E-state index contributed by atoms with van der Waals surface area (Å²) in [6.07, 6.45) is 1.09. The van der Waals surface area contributed by atoms with Gasteiger partial charge < -0.3 is 10.6 Å². The fourth-order valence-corrected chi connectivity index (χ4v) is 0.750. The van der Waals surface area contributed by atoms with Crippen LogP contribution in [-0.4, -0.2) is 37.4 Å². The number of terminal acetylenes is 1. The van der Waals surface area contributed by atoms with Gasteiger partial charge in [-0.05, 0) is 6.92 Å². The fraction of sp³-hybridized carbons (Fsp3) is 0.667. The van der Waals surface area contributed by atoms with Gasteiger partial charge in [0.1, 0.15) is 0 Å². The van der Waals surface area contributed by atoms with Crippen LogP contribution in [0.1, 0.15) is 6.92 Å². The summed E-state index contributed by atoms with van der Waals surface area (Å²) in [5.41, 5.74) is 0. The Hall–Kier alpha value is -1.29. The van der Waals surface area contributed by atoms with Crippen molar-refractivity contribution in [2.45, 2.75) is 25.3 Å². The van der Waals surface area contributed by atoms with E-state index in [4.69, 9.17) is 6.42 Å². The van der Waals surface area contributed by atoms with Gasteiger partial charge >= 0.3 is 12.3 Å². The number of halogens is 4. The molecule has 0 rings (SSSR count). The monoisotopic (exact) mass is 240 g/mol. The third-order valence-corrected chi connectivity index (χ3v) is 1.72. The molecule has 2 N–H and O–H groups in total. The molecule has 0 bridgehead atoms. The zero-order chi connectivity index (χ0) is 12.8. The minimum Gasteiger partial charge on any atom is -0.344 e. The number of alkyl halides is 4. The Bertz CT molecular complexity index is 275. The van der Waals surface area contributed by atoms with E-state index in [1.807, 2.05) is 5.32 Å². The second-order valence-electron chi connectivity index (χ2n) is 3.09. The average Bonchev–Trinajstić information content (AvgIpc) is 2.22. The number of nitrogens with one attached hydrogen (secondary N) is 2. The smallest absolute Gasteiger partial charge is 0.319 e. The maximum Gasteiger partial charge on any atom is 0.319 e. The molecule has 7 heteroatoms. The van der Waals surface area contributed by atoms with E-state index in [0.717, 1.165) is 0 Å². The Labute approximate surface area is 90.6 Å². The second-order valence-corrected chi connectivity index (χ2v) is 3.09. The van der Waals surface area contributed by atoms with Crippen LogP contribution in [0.25, 0.3) is 0 Å². The lowest BCUT2D eigenvalue weighted by Gasteiger charge is -2.19. The summed E-state index contributed by atoms with van der Waals surface area (Å²) in [6, 6.07) is -1.02. The van der Waals surface area contributed by atoms with Crippen LogP contribution in [0.5, 0.6) is 0 Å². The van der Waals surface area contributed by atoms with Crippen LogP contribution in [0.15, 0.2) is 0 Å². The van der Waals surface area contributed by atoms with E-state index < -0.39 is 30.8 Å². The summed E-state index contributed by atoms with van der Waals surface area (Å²) < 4.78 is 48.4. The highest BCUT2D eigenvalue weighted by molar-refractivity contribution is 5.81. The molecule has 0 saturated heterocycles. The lowest BCUT2D eigenvalue weighted by Crippen LogP contribution is -2.48. The second kappa shape index (κ2) is 6.33. The molecule has 1 unspecified atom stereocenters. The Balaban J connectivity index is 4.03. The molecule has 0 aliphatic rings. The van der Waals surface area contributed by atoms with E-state index in [9.17, 15) is 22.4 Å². The Morgan fingerprint density at radius 2 is 2.06 bits per heavy atom. The molecule has 0 aliphatic heterocycles. The third kappa shape index (κ3) is 4.98. The Morgan fingerprint density at radius 1 is 1.50 bits per heavy atom. The summed E-state index contributed by atoms with van der Waals surface area (Å²) in [7, 11) is 0. The first-order chi connectivity index (χ1) is 7.31. The van der Waals surface area contributed by atoms with Crippen LogP contribution in [0.4, 0.5) is 17.6 Å². The van der Waals surface area contributed by atoms with Crippen LogP contribution >= 0.6 is 0 Å². The predicted octanol–water partition coefficient (Wildman–Crippen LogP) is 0.614. The van der Waals surface area contributed by atoms with Gasteiger partial charge in [-0.15, -0.1) is 6.42 Å². The lowest BCUT2D eigenvalue weighted by molar-refractivity contribution is -0.131. The van der Waals surface area contributed by atoms with Crippen molar-refractivity contribution in [2.75, 3.05) is 13.1 Å². The maximum absolute atomic E-state index is 12.4. The molecule has 16 heavy (non-hydrogen) atoms. The van der Waals surface area contributed by atoms with Crippen molar-refractivity contribution < 1.29 is 22.4 Å². The first-order valence-corrected chi connectivity index (χ1v) is 4.41. The number of rotatable bonds is 6. The van der Waals surface area contributed by atoms with Crippen molar-refractivity contribution >= 4 is 5.91 Å². The van der Waals surface area contributed by atoms with Gasteiger partial charge in [0.25, 0.3) is 0 Å². The number of amides is 1. The number of hydrogen-bond acceptors (Lipinski definition) is 2. The molecular weight excluding hydrogens is 228 g/mol. The first kappa shape index (κ1) is 14.7. The summed E-state index contributed by atoms with van der Waals surface area (Å²) in [4.78, 5) is 11.1. The molecule has 1 atom stereocenters. The van der Waals surface area contributed by atoms with Gasteiger partial charge in [0, 0.05) is 0 Å². The molecule has 1 amide bonds. The number of carbonyl (C=O) groups is 1. The standard InChI is InChI=1S/C9H12F4N2O/c1-3-4-14-7(16)6(2)15-5-9(12,13)8(10)11/h1,6,8,15H,4-5H2,2H3,(H,14,16). The summed E-state index contributed by atoms with van der Waals surface area (Å²) in [6.45, 7) is -0.0429. The van der Waals surface area contributed by atoms with Crippen molar-refractivity contribution in [3.63, 3.8) is 0 Å². The molecule has 0 radical (unpaired) electrons. The highest BCUT2D eigenvalue weighted by Crippen LogP contribution is 2.21. The van der Waals surface area contributed by atoms with Crippen LogP contribution in [0.2, 0.25) is 0 Å². The average molecular weight is 240 g/mol. The van der Waals surface area contributed by atoms with Crippen LogP contribution < -0.4 is 10.6 Å². The Kier molecular flexibility index (Phi) is 5.82. The molecular formula is C9H12F4N2O. The SMILES string of the molecule is C#CCNC(=O)C(C)NCC(F)(F)C(F)F. The molecule has 92 valence electrons. The predicted molar refractivity (Wildman–Crippen MR) is 50.3 cm³/mol. The molecule has 0 aromatic heterocycles. The third-order valence-electron chi connectivity index (χ3n) is 1.72. The largest absolute Gasteiger partial charge is 0.344 e. The van der Waals surface area contributed by atoms with Gasteiger partial charge in [0.15, 0.2) is 0 Å². The van der Waals surface area contributed by atoms with Crippen molar-refractivity contribution in [1.29, 1.82) is 0 Å². The van der Waals surface area contributed by atoms with Gasteiger partial charge in [-0.2, -0.15) is 8.78 Å². The van der Waals surface area contributed by atoms with Crippen molar-refractivity contribution in [2.24, 2.45) is 0 Å². The van der Waals surface area contributed by atoms with E-state index in [2.05, 4.69) is 11.2 Å². The summed E-state index contributed by atoms with van der Waals surface area (Å²) >= 11 is 0. The minimum absolute atomic E-state index is 0.0455. The zero-order valence-electron chi connectivity index (χ0n) is 8.57. The molecule has 0 aliphatic carbocycles. The van der Waals surface area contributed by atoms with Gasteiger partial charge in [-0.1, -0.05) is 5.92 Å². The maximum atomic E-state index is 12.4. The van der Waals surface area contributed by atoms with Crippen molar-refractivity contribution in [3.05, 3.63) is 0 Å². The first-order valence-electron chi connectivity index (χ1n) is 4.41. The molecule has 3 nitrogen and oxygen atoms in total. The van der Waals surface area contributed by atoms with Gasteiger partial charge in [-0.3, -0.25) is 4.79 Å². The van der Waals surface area contributed by atoms with Gasteiger partial charge in [0.2, 0.25) is 5.91 Å². The quantitative estimate of drug-likeness (QED) is 0.527. The van der Waals surface area contributed by atoms with Crippen molar-refractivity contribution in [3.8, 4) is 12.3 Å². The molecule has 0 saturated carbocycles. The minimum atomic E-state index is -4.15. The molecule has 0 fully saturated rings. The van der Waals surface area contributed by atoms with Gasteiger partial charge in [-0.25, -0.2) is 8.78 Å². The fourth-order valence-electron chi connectivity index (χ4n) is 0.750. The summed E-state index contributed by atoms with van der Waals surface area (Å²) in [5.74, 6) is -2.66. The normalized spacial score (nSPS) is 13.3. The molecule has 0 heterocycles. The molecule has 0 aromatic carbocycles. The van der Waals surface area contributed by atoms with Crippen molar-refractivity contribution in [1.82, 2.24) is 10.6 Å². The van der Waals surface area contributed by atoms with Crippen LogP contribution in [0, 0.1) is 12.3 Å². The highest BCUT2D eigenvalue weighted by Gasteiger charge is 2.40. The van der Waals surface area contributed by atoms with E-state index >= 15 is 0 Å². The van der Waals surface area contributed by atoms with E-state index in [0.29, 0.717) is 0 Å².